The third-order valence-corrected chi connectivity index (χ3v) is 10.9. The Morgan fingerprint density at radius 2 is 2.02 bits per heavy atom. The van der Waals surface area contributed by atoms with Gasteiger partial charge < -0.3 is 25.0 Å². The molecule has 13 heteroatoms. The van der Waals surface area contributed by atoms with Crippen LogP contribution in [0.3, 0.4) is 0 Å². The molecule has 0 bridgehead atoms. The molecule has 2 fully saturated rings. The first-order valence-corrected chi connectivity index (χ1v) is 16.8. The zero-order valence-electron chi connectivity index (χ0n) is 27.1. The summed E-state index contributed by atoms with van der Waals surface area (Å²) in [5, 5.41) is 4.61. The van der Waals surface area contributed by atoms with Gasteiger partial charge in [-0.15, -0.1) is 0 Å². The molecule has 2 aromatic heterocycles. The third kappa shape index (κ3) is 5.22. The molecular formula is C34H42F2N8O3. The van der Waals surface area contributed by atoms with Crippen LogP contribution in [0.4, 0.5) is 20.3 Å². The van der Waals surface area contributed by atoms with Gasteiger partial charge in [0.15, 0.2) is 5.69 Å². The Morgan fingerprint density at radius 3 is 2.87 bits per heavy atom. The van der Waals surface area contributed by atoms with Crippen molar-refractivity contribution in [3.8, 4) is 6.01 Å². The molecule has 5 aliphatic rings. The molecule has 47 heavy (non-hydrogen) atoms. The lowest BCUT2D eigenvalue weighted by Crippen LogP contribution is -2.44. The fourth-order valence-electron chi connectivity index (χ4n) is 8.57. The van der Waals surface area contributed by atoms with Crippen molar-refractivity contribution >= 4 is 17.4 Å². The Morgan fingerprint density at radius 1 is 1.15 bits per heavy atom. The Hall–Kier alpha value is -3.84. The second-order valence-corrected chi connectivity index (χ2v) is 14.2. The van der Waals surface area contributed by atoms with Gasteiger partial charge in [0.2, 0.25) is 0 Å². The van der Waals surface area contributed by atoms with E-state index >= 15 is 0 Å². The molecule has 2 saturated heterocycles. The van der Waals surface area contributed by atoms with Crippen LogP contribution in [-0.4, -0.2) is 87.5 Å². The SMILES string of the molecule is CN(C)C(=O)c1cc2n(n1)CCCN(c1nc(OCC34CCCN3CC(F)C4)nc3c1COC1(CCCc4cc(F)c(N)cc41)C3)C2. The number of ether oxygens (including phenoxy) is 2. The third-order valence-electron chi connectivity index (χ3n) is 10.9. The van der Waals surface area contributed by atoms with Gasteiger partial charge in [-0.25, -0.2) is 8.78 Å². The lowest BCUT2D eigenvalue weighted by molar-refractivity contribution is -0.0855. The Balaban J connectivity index is 1.16. The summed E-state index contributed by atoms with van der Waals surface area (Å²) in [4.78, 5) is 28.7. The van der Waals surface area contributed by atoms with Crippen LogP contribution >= 0.6 is 0 Å². The number of rotatable bonds is 5. The maximum atomic E-state index is 14.6. The number of hydrogen-bond donors (Lipinski definition) is 1. The summed E-state index contributed by atoms with van der Waals surface area (Å²) in [6.07, 6.45) is 5.19. The minimum atomic E-state index is -0.856. The summed E-state index contributed by atoms with van der Waals surface area (Å²) in [7, 11) is 3.44. The van der Waals surface area contributed by atoms with Crippen molar-refractivity contribution in [3.63, 3.8) is 0 Å². The fourth-order valence-corrected chi connectivity index (χ4v) is 8.57. The standard InChI is InChI=1S/C34H42F2N8O3/c1-41(2)31(45)28-13-23-18-42(9-5-11-44(23)40-28)30-24-19-47-34(8-3-6-21-12-26(36)27(37)14-25(21)34)16-29(24)38-32(39-30)46-20-33-7-4-10-43(33)17-22(35)15-33/h12-14,22H,3-11,15-20,37H2,1-2H3. The molecule has 11 nitrogen and oxygen atoms in total. The van der Waals surface area contributed by atoms with E-state index in [0.29, 0.717) is 51.3 Å². The second kappa shape index (κ2) is 11.4. The Kier molecular flexibility index (Phi) is 7.39. The van der Waals surface area contributed by atoms with Gasteiger partial charge in [-0.05, 0) is 74.4 Å². The van der Waals surface area contributed by atoms with E-state index in [0.717, 1.165) is 79.0 Å². The average Bonchev–Trinajstić information content (AvgIpc) is 3.67. The molecule has 250 valence electrons. The van der Waals surface area contributed by atoms with Crippen molar-refractivity contribution < 1.29 is 23.0 Å². The topological polar surface area (TPSA) is 115 Å². The highest BCUT2D eigenvalue weighted by Gasteiger charge is 2.50. The number of aryl methyl sites for hydroxylation is 2. The van der Waals surface area contributed by atoms with Crippen LogP contribution in [0.2, 0.25) is 0 Å². The number of carbonyl (C=O) groups excluding carboxylic acids is 1. The summed E-state index contributed by atoms with van der Waals surface area (Å²) < 4.78 is 44.2. The molecule has 1 aromatic carbocycles. The summed E-state index contributed by atoms with van der Waals surface area (Å²) in [6, 6.07) is 5.42. The smallest absolute Gasteiger partial charge is 0.318 e. The van der Waals surface area contributed by atoms with Gasteiger partial charge in [-0.2, -0.15) is 15.1 Å². The van der Waals surface area contributed by atoms with Crippen LogP contribution in [0.1, 0.15) is 77.1 Å². The number of halogens is 2. The lowest BCUT2D eigenvalue weighted by atomic mass is 9.74. The van der Waals surface area contributed by atoms with Gasteiger partial charge in [-0.3, -0.25) is 14.4 Å². The first-order chi connectivity index (χ1) is 22.6. The molecule has 4 aliphatic heterocycles. The van der Waals surface area contributed by atoms with Gasteiger partial charge in [0, 0.05) is 52.1 Å². The molecule has 3 atom stereocenters. The van der Waals surface area contributed by atoms with Gasteiger partial charge >= 0.3 is 6.01 Å². The monoisotopic (exact) mass is 648 g/mol. The van der Waals surface area contributed by atoms with Crippen LogP contribution in [0, 0.1) is 5.82 Å². The largest absolute Gasteiger partial charge is 0.461 e. The lowest BCUT2D eigenvalue weighted by Gasteiger charge is -2.43. The van der Waals surface area contributed by atoms with Crippen LogP contribution in [0.15, 0.2) is 18.2 Å². The van der Waals surface area contributed by atoms with E-state index in [4.69, 9.17) is 25.2 Å². The second-order valence-electron chi connectivity index (χ2n) is 14.2. The van der Waals surface area contributed by atoms with E-state index in [1.54, 1.807) is 26.2 Å². The normalized spacial score (nSPS) is 26.8. The van der Waals surface area contributed by atoms with Crippen LogP contribution in [-0.2, 0) is 42.9 Å². The molecule has 6 heterocycles. The number of amides is 1. The van der Waals surface area contributed by atoms with Gasteiger partial charge in [0.25, 0.3) is 5.91 Å². The van der Waals surface area contributed by atoms with Crippen LogP contribution in [0.5, 0.6) is 6.01 Å². The summed E-state index contributed by atoms with van der Waals surface area (Å²) >= 11 is 0. The predicted molar refractivity (Wildman–Crippen MR) is 170 cm³/mol. The van der Waals surface area contributed by atoms with Gasteiger partial charge in [-0.1, -0.05) is 0 Å². The van der Waals surface area contributed by atoms with Crippen LogP contribution in [0.25, 0.3) is 0 Å². The van der Waals surface area contributed by atoms with Crippen molar-refractivity contribution in [2.24, 2.45) is 0 Å². The highest BCUT2D eigenvalue weighted by atomic mass is 19.1. The number of alkyl halides is 1. The maximum absolute atomic E-state index is 14.6. The highest BCUT2D eigenvalue weighted by Crippen LogP contribution is 2.47. The van der Waals surface area contributed by atoms with E-state index < -0.39 is 17.6 Å². The Labute approximate surface area is 273 Å². The summed E-state index contributed by atoms with van der Waals surface area (Å²) in [5.74, 6) is 0.193. The molecule has 1 amide bonds. The summed E-state index contributed by atoms with van der Waals surface area (Å²) in [6.45, 7) is 3.83. The number of anilines is 2. The minimum Gasteiger partial charge on any atom is -0.461 e. The van der Waals surface area contributed by atoms with Crippen molar-refractivity contribution in [2.75, 3.05) is 51.0 Å². The quantitative estimate of drug-likeness (QED) is 0.413. The average molecular weight is 649 g/mol. The van der Waals surface area contributed by atoms with Crippen molar-refractivity contribution in [3.05, 3.63) is 57.8 Å². The minimum absolute atomic E-state index is 0.114. The number of nitrogens with two attached hydrogens (primary N) is 1. The molecule has 3 aromatic rings. The van der Waals surface area contributed by atoms with Crippen molar-refractivity contribution in [1.82, 2.24) is 29.5 Å². The molecule has 0 radical (unpaired) electrons. The van der Waals surface area contributed by atoms with Gasteiger partial charge in [0.1, 0.15) is 24.4 Å². The predicted octanol–water partition coefficient (Wildman–Crippen LogP) is 3.77. The first-order valence-electron chi connectivity index (χ1n) is 16.8. The zero-order valence-corrected chi connectivity index (χ0v) is 27.1. The molecule has 0 saturated carbocycles. The molecular weight excluding hydrogens is 606 g/mol. The number of hydrogen-bond acceptors (Lipinski definition) is 9. The molecule has 1 spiro atoms. The Bertz CT molecular complexity index is 1730. The van der Waals surface area contributed by atoms with Crippen molar-refractivity contribution in [2.45, 2.75) is 88.4 Å². The molecule has 2 N–H and O–H groups in total. The summed E-state index contributed by atoms with van der Waals surface area (Å²) in [5.41, 5.74) is 10.1. The zero-order chi connectivity index (χ0) is 32.5. The van der Waals surface area contributed by atoms with E-state index in [1.165, 1.54) is 4.90 Å². The first kappa shape index (κ1) is 30.5. The number of benzene rings is 1. The fraction of sp³-hybridized carbons (Fsp3) is 0.588. The van der Waals surface area contributed by atoms with E-state index in [1.807, 2.05) is 10.7 Å². The van der Waals surface area contributed by atoms with E-state index in [-0.39, 0.29) is 29.8 Å². The number of aromatic nitrogens is 4. The van der Waals surface area contributed by atoms with Crippen molar-refractivity contribution in [1.29, 1.82) is 0 Å². The molecule has 1 aliphatic carbocycles. The number of carbonyl (C=O) groups is 1. The number of nitrogen functional groups attached to an aromatic ring is 1. The van der Waals surface area contributed by atoms with Crippen LogP contribution < -0.4 is 15.4 Å². The number of nitrogens with zero attached hydrogens (tertiary/aromatic N) is 7. The number of fused-ring (bicyclic) bond motifs is 5. The maximum Gasteiger partial charge on any atom is 0.318 e. The molecule has 3 unspecified atom stereocenters. The van der Waals surface area contributed by atoms with E-state index in [9.17, 15) is 13.6 Å². The highest BCUT2D eigenvalue weighted by molar-refractivity contribution is 5.92. The van der Waals surface area contributed by atoms with E-state index in [2.05, 4.69) is 14.9 Å². The van der Waals surface area contributed by atoms with Gasteiger partial charge in [0.05, 0.1) is 41.4 Å². The molecule has 8 rings (SSSR count).